The number of nitrogens with zero attached hydrogens (tertiary/aromatic N) is 2. The van der Waals surface area contributed by atoms with Gasteiger partial charge in [0.25, 0.3) is 5.91 Å². The fraction of sp³-hybridized carbons (Fsp3) is 0.435. The van der Waals surface area contributed by atoms with Crippen molar-refractivity contribution in [2.24, 2.45) is 10.9 Å². The van der Waals surface area contributed by atoms with Crippen molar-refractivity contribution in [1.82, 2.24) is 15.5 Å². The first kappa shape index (κ1) is 22.4. The van der Waals surface area contributed by atoms with Crippen LogP contribution in [0.1, 0.15) is 42.3 Å². The van der Waals surface area contributed by atoms with Crippen molar-refractivity contribution >= 4 is 23.5 Å². The number of anilines is 1. The Morgan fingerprint density at radius 2 is 1.90 bits per heavy atom. The normalized spacial score (nSPS) is 14.9. The minimum atomic E-state index is -0.273. The van der Waals surface area contributed by atoms with Gasteiger partial charge in [-0.3, -0.25) is 9.59 Å². The van der Waals surface area contributed by atoms with Gasteiger partial charge < -0.3 is 25.3 Å². The van der Waals surface area contributed by atoms with Crippen LogP contribution in [-0.4, -0.2) is 49.4 Å². The van der Waals surface area contributed by atoms with E-state index in [4.69, 9.17) is 9.41 Å². The quantitative estimate of drug-likeness (QED) is 0.468. The van der Waals surface area contributed by atoms with Gasteiger partial charge in [0.2, 0.25) is 5.91 Å². The highest BCUT2D eigenvalue weighted by Crippen LogP contribution is 2.20. The predicted molar refractivity (Wildman–Crippen MR) is 121 cm³/mol. The number of piperidine rings is 1. The lowest BCUT2D eigenvalue weighted by molar-refractivity contribution is -0.121. The molecule has 1 fully saturated rings. The van der Waals surface area contributed by atoms with Gasteiger partial charge in [0.15, 0.2) is 11.7 Å². The Hall–Kier alpha value is -3.29. The van der Waals surface area contributed by atoms with E-state index >= 15 is 0 Å². The van der Waals surface area contributed by atoms with E-state index in [0.29, 0.717) is 24.6 Å². The zero-order valence-electron chi connectivity index (χ0n) is 18.2. The van der Waals surface area contributed by atoms with Gasteiger partial charge in [-0.1, -0.05) is 12.1 Å². The maximum absolute atomic E-state index is 12.1. The lowest BCUT2D eigenvalue weighted by atomic mass is 9.93. The molecule has 1 aromatic carbocycles. The van der Waals surface area contributed by atoms with Gasteiger partial charge in [0.1, 0.15) is 0 Å². The standard InChI is InChI=1S/C23H31N5O3/c1-3-25-23(28-12-10-17(11-13-28)15-21(29)24-2)26-16-18-6-8-19(9-7-18)27-22(30)20-5-4-14-31-20/h4-9,14,17H,3,10-13,15-16H2,1-2H3,(H,24,29)(H,25,26)(H,27,30). The zero-order valence-corrected chi connectivity index (χ0v) is 18.2. The SMILES string of the molecule is CCNC(=NCc1ccc(NC(=O)c2ccco2)cc1)N1CCC(CC(=O)NC)CC1. The lowest BCUT2D eigenvalue weighted by Gasteiger charge is -2.34. The second-order valence-corrected chi connectivity index (χ2v) is 7.61. The molecule has 0 atom stereocenters. The second kappa shape index (κ2) is 11.2. The van der Waals surface area contributed by atoms with Crippen molar-refractivity contribution in [1.29, 1.82) is 0 Å². The Kier molecular flexibility index (Phi) is 8.09. The van der Waals surface area contributed by atoms with Crippen LogP contribution in [0.15, 0.2) is 52.1 Å². The number of furan rings is 1. The third-order valence-electron chi connectivity index (χ3n) is 5.37. The Morgan fingerprint density at radius 1 is 1.16 bits per heavy atom. The summed E-state index contributed by atoms with van der Waals surface area (Å²) in [6.07, 6.45) is 4.05. The number of amides is 2. The molecule has 0 spiro atoms. The van der Waals surface area contributed by atoms with Gasteiger partial charge in [-0.15, -0.1) is 0 Å². The molecule has 2 amide bonds. The molecule has 166 valence electrons. The molecule has 0 radical (unpaired) electrons. The van der Waals surface area contributed by atoms with Crippen LogP contribution in [0.3, 0.4) is 0 Å². The van der Waals surface area contributed by atoms with Crippen LogP contribution < -0.4 is 16.0 Å². The van der Waals surface area contributed by atoms with Crippen LogP contribution in [0.25, 0.3) is 0 Å². The monoisotopic (exact) mass is 425 g/mol. The largest absolute Gasteiger partial charge is 0.459 e. The smallest absolute Gasteiger partial charge is 0.291 e. The number of guanidine groups is 1. The summed E-state index contributed by atoms with van der Waals surface area (Å²) < 4.78 is 5.11. The van der Waals surface area contributed by atoms with E-state index in [1.807, 2.05) is 24.3 Å². The van der Waals surface area contributed by atoms with Crippen molar-refractivity contribution < 1.29 is 14.0 Å². The second-order valence-electron chi connectivity index (χ2n) is 7.61. The maximum Gasteiger partial charge on any atom is 0.291 e. The third kappa shape index (κ3) is 6.60. The van der Waals surface area contributed by atoms with E-state index in [0.717, 1.165) is 44.0 Å². The first-order chi connectivity index (χ1) is 15.1. The van der Waals surface area contributed by atoms with Crippen molar-refractivity contribution in [2.45, 2.75) is 32.7 Å². The minimum Gasteiger partial charge on any atom is -0.459 e. The fourth-order valence-corrected chi connectivity index (χ4v) is 3.60. The van der Waals surface area contributed by atoms with Gasteiger partial charge in [-0.2, -0.15) is 0 Å². The fourth-order valence-electron chi connectivity index (χ4n) is 3.60. The van der Waals surface area contributed by atoms with E-state index in [2.05, 4.69) is 27.8 Å². The third-order valence-corrected chi connectivity index (χ3v) is 5.37. The summed E-state index contributed by atoms with van der Waals surface area (Å²) in [5.41, 5.74) is 1.76. The molecule has 1 aromatic heterocycles. The molecule has 2 heterocycles. The van der Waals surface area contributed by atoms with Crippen molar-refractivity contribution in [3.8, 4) is 0 Å². The number of aliphatic imine (C=N–C) groups is 1. The Bertz CT molecular complexity index is 869. The Labute approximate surface area is 183 Å². The summed E-state index contributed by atoms with van der Waals surface area (Å²) in [4.78, 5) is 30.7. The van der Waals surface area contributed by atoms with Gasteiger partial charge in [0, 0.05) is 38.8 Å². The average Bonchev–Trinajstić information content (AvgIpc) is 3.33. The Balaban J connectivity index is 1.54. The number of nitrogens with one attached hydrogen (secondary N) is 3. The number of hydrogen-bond acceptors (Lipinski definition) is 4. The molecule has 3 rings (SSSR count). The summed E-state index contributed by atoms with van der Waals surface area (Å²) in [5, 5.41) is 8.89. The highest BCUT2D eigenvalue weighted by molar-refractivity contribution is 6.02. The zero-order chi connectivity index (χ0) is 22.1. The van der Waals surface area contributed by atoms with Gasteiger partial charge in [-0.25, -0.2) is 4.99 Å². The topological polar surface area (TPSA) is 99.0 Å². The number of carbonyl (C=O) groups excluding carboxylic acids is 2. The molecule has 0 unspecified atom stereocenters. The molecule has 0 bridgehead atoms. The Morgan fingerprint density at radius 3 is 2.52 bits per heavy atom. The van der Waals surface area contributed by atoms with Crippen molar-refractivity contribution in [3.63, 3.8) is 0 Å². The molecule has 8 heteroatoms. The molecule has 1 aliphatic heterocycles. The van der Waals surface area contributed by atoms with Crippen LogP contribution in [-0.2, 0) is 11.3 Å². The molecule has 1 aliphatic rings. The number of hydrogen-bond donors (Lipinski definition) is 3. The number of rotatable bonds is 7. The first-order valence-corrected chi connectivity index (χ1v) is 10.8. The highest BCUT2D eigenvalue weighted by Gasteiger charge is 2.23. The van der Waals surface area contributed by atoms with Gasteiger partial charge in [0.05, 0.1) is 12.8 Å². The molecule has 3 N–H and O–H groups in total. The maximum atomic E-state index is 12.1. The van der Waals surface area contributed by atoms with Crippen LogP contribution in [0, 0.1) is 5.92 Å². The van der Waals surface area contributed by atoms with E-state index in [1.165, 1.54) is 6.26 Å². The molecule has 8 nitrogen and oxygen atoms in total. The number of benzene rings is 1. The summed E-state index contributed by atoms with van der Waals surface area (Å²) in [6, 6.07) is 11.0. The van der Waals surface area contributed by atoms with E-state index in [9.17, 15) is 9.59 Å². The van der Waals surface area contributed by atoms with Crippen molar-refractivity contribution in [2.75, 3.05) is 32.0 Å². The van der Waals surface area contributed by atoms with E-state index in [1.54, 1.807) is 19.2 Å². The lowest BCUT2D eigenvalue weighted by Crippen LogP contribution is -2.46. The van der Waals surface area contributed by atoms with E-state index < -0.39 is 0 Å². The van der Waals surface area contributed by atoms with E-state index in [-0.39, 0.29) is 17.6 Å². The molecular weight excluding hydrogens is 394 g/mol. The van der Waals surface area contributed by atoms with Crippen molar-refractivity contribution in [3.05, 3.63) is 54.0 Å². The molecule has 31 heavy (non-hydrogen) atoms. The van der Waals surface area contributed by atoms with Crippen LogP contribution in [0.4, 0.5) is 5.69 Å². The van der Waals surface area contributed by atoms with Crippen LogP contribution >= 0.6 is 0 Å². The molecule has 2 aromatic rings. The van der Waals surface area contributed by atoms with Gasteiger partial charge in [-0.05, 0) is 55.5 Å². The summed E-state index contributed by atoms with van der Waals surface area (Å²) in [5.74, 6) is 1.45. The summed E-state index contributed by atoms with van der Waals surface area (Å²) >= 11 is 0. The van der Waals surface area contributed by atoms with Crippen LogP contribution in [0.5, 0.6) is 0 Å². The molecule has 0 saturated carbocycles. The number of likely N-dealkylation sites (tertiary alicyclic amines) is 1. The van der Waals surface area contributed by atoms with Crippen LogP contribution in [0.2, 0.25) is 0 Å². The average molecular weight is 426 g/mol. The number of carbonyl (C=O) groups is 2. The summed E-state index contributed by atoms with van der Waals surface area (Å²) in [7, 11) is 1.69. The minimum absolute atomic E-state index is 0.114. The predicted octanol–water partition coefficient (Wildman–Crippen LogP) is 2.85. The highest BCUT2D eigenvalue weighted by atomic mass is 16.3. The first-order valence-electron chi connectivity index (χ1n) is 10.8. The summed E-state index contributed by atoms with van der Waals surface area (Å²) in [6.45, 7) is 5.20. The van der Waals surface area contributed by atoms with Gasteiger partial charge >= 0.3 is 0 Å². The molecule has 0 aliphatic carbocycles. The molecular formula is C23H31N5O3. The molecule has 1 saturated heterocycles.